The molecule has 1 aromatic heterocycles. The fourth-order valence-corrected chi connectivity index (χ4v) is 1.04. The Bertz CT molecular complexity index is 270. The molecule has 0 fully saturated rings. The van der Waals surface area contributed by atoms with Gasteiger partial charge in [-0.3, -0.25) is 0 Å². The molecule has 0 aliphatic heterocycles. The van der Waals surface area contributed by atoms with Crippen molar-refractivity contribution < 1.29 is 0 Å². The van der Waals surface area contributed by atoms with Gasteiger partial charge in [-0.2, -0.15) is 5.10 Å². The number of unbranched alkanes of at least 4 members (excludes halogenated alkanes) is 1. The Hall–Kier alpha value is -1.31. The molecule has 70 valence electrons. The van der Waals surface area contributed by atoms with E-state index in [1.165, 1.54) is 12.8 Å². The first-order valence-corrected chi connectivity index (χ1v) is 4.68. The molecule has 2 heteroatoms. The fourth-order valence-electron chi connectivity index (χ4n) is 1.04. The molecule has 0 aliphatic rings. The second-order valence-electron chi connectivity index (χ2n) is 3.06. The smallest absolute Gasteiger partial charge is 0.0493 e. The lowest BCUT2D eigenvalue weighted by Crippen LogP contribution is -1.85. The van der Waals surface area contributed by atoms with Crippen LogP contribution in [-0.4, -0.2) is 9.78 Å². The van der Waals surface area contributed by atoms with Crippen molar-refractivity contribution in [2.45, 2.75) is 26.2 Å². The van der Waals surface area contributed by atoms with Gasteiger partial charge in [-0.1, -0.05) is 25.5 Å². The molecular weight excluding hydrogens is 160 g/mol. The van der Waals surface area contributed by atoms with E-state index in [1.807, 2.05) is 24.5 Å². The Morgan fingerprint density at radius 2 is 2.46 bits per heavy atom. The van der Waals surface area contributed by atoms with Gasteiger partial charge in [0, 0.05) is 18.6 Å². The summed E-state index contributed by atoms with van der Waals surface area (Å²) >= 11 is 0. The van der Waals surface area contributed by atoms with Crippen LogP contribution in [0.4, 0.5) is 0 Å². The molecule has 0 unspecified atom stereocenters. The molecule has 0 aromatic carbocycles. The van der Waals surface area contributed by atoms with Crippen molar-refractivity contribution >= 4 is 6.20 Å². The summed E-state index contributed by atoms with van der Waals surface area (Å²) in [4.78, 5) is 0. The van der Waals surface area contributed by atoms with Crippen LogP contribution in [0.15, 0.2) is 36.7 Å². The van der Waals surface area contributed by atoms with Crippen LogP contribution in [0.3, 0.4) is 0 Å². The number of rotatable bonds is 5. The molecule has 0 N–H and O–H groups in total. The van der Waals surface area contributed by atoms with Gasteiger partial charge in [-0.05, 0) is 25.0 Å². The zero-order valence-electron chi connectivity index (χ0n) is 8.11. The van der Waals surface area contributed by atoms with Crippen LogP contribution in [0, 0.1) is 0 Å². The van der Waals surface area contributed by atoms with Gasteiger partial charge in [0.05, 0.1) is 0 Å². The first kappa shape index (κ1) is 9.78. The number of hydrogen-bond acceptors (Lipinski definition) is 1. The number of aromatic nitrogens is 2. The predicted molar refractivity (Wildman–Crippen MR) is 56.2 cm³/mol. The molecule has 0 saturated carbocycles. The van der Waals surface area contributed by atoms with Crippen LogP contribution in [-0.2, 0) is 0 Å². The van der Waals surface area contributed by atoms with Crippen LogP contribution in [0.25, 0.3) is 6.20 Å². The van der Waals surface area contributed by atoms with Gasteiger partial charge in [0.2, 0.25) is 0 Å². The Morgan fingerprint density at radius 3 is 3.08 bits per heavy atom. The van der Waals surface area contributed by atoms with E-state index >= 15 is 0 Å². The van der Waals surface area contributed by atoms with E-state index in [-0.39, 0.29) is 0 Å². The number of hydrogen-bond donors (Lipinski definition) is 0. The molecule has 2 nitrogen and oxygen atoms in total. The zero-order chi connectivity index (χ0) is 9.52. The molecule has 0 radical (unpaired) electrons. The Balaban J connectivity index is 2.35. The van der Waals surface area contributed by atoms with Crippen LogP contribution in [0.2, 0.25) is 0 Å². The molecular formula is C11H16N2. The standard InChI is InChI=1S/C11H16N2/c1-3-4-6-11(2)7-10-13-9-5-8-12-13/h5,7-10H,2-4,6H2,1H3/b10-7-. The second-order valence-corrected chi connectivity index (χ2v) is 3.06. The Kier molecular flexibility index (Phi) is 4.03. The van der Waals surface area contributed by atoms with Crippen molar-refractivity contribution in [3.05, 3.63) is 36.7 Å². The lowest BCUT2D eigenvalue weighted by Gasteiger charge is -1.96. The Morgan fingerprint density at radius 1 is 1.62 bits per heavy atom. The van der Waals surface area contributed by atoms with Crippen LogP contribution >= 0.6 is 0 Å². The molecule has 13 heavy (non-hydrogen) atoms. The highest BCUT2D eigenvalue weighted by Crippen LogP contribution is 2.06. The summed E-state index contributed by atoms with van der Waals surface area (Å²) < 4.78 is 1.77. The summed E-state index contributed by atoms with van der Waals surface area (Å²) in [7, 11) is 0. The molecule has 1 heterocycles. The first-order valence-electron chi connectivity index (χ1n) is 4.68. The highest BCUT2D eigenvalue weighted by Gasteiger charge is 1.88. The van der Waals surface area contributed by atoms with Crippen molar-refractivity contribution in [1.29, 1.82) is 0 Å². The van der Waals surface area contributed by atoms with Gasteiger partial charge in [0.1, 0.15) is 0 Å². The average molecular weight is 176 g/mol. The molecule has 0 atom stereocenters. The molecule has 1 rings (SSSR count). The average Bonchev–Trinajstić information content (AvgIpc) is 2.64. The van der Waals surface area contributed by atoms with Gasteiger partial charge < -0.3 is 0 Å². The minimum Gasteiger partial charge on any atom is -0.248 e. The summed E-state index contributed by atoms with van der Waals surface area (Å²) in [5.74, 6) is 0. The third-order valence-electron chi connectivity index (χ3n) is 1.84. The quantitative estimate of drug-likeness (QED) is 0.630. The van der Waals surface area contributed by atoms with E-state index in [0.717, 1.165) is 12.0 Å². The van der Waals surface area contributed by atoms with Crippen LogP contribution < -0.4 is 0 Å². The summed E-state index contributed by atoms with van der Waals surface area (Å²) in [6, 6.07) is 1.90. The fraction of sp³-hybridized carbons (Fsp3) is 0.364. The van der Waals surface area contributed by atoms with E-state index in [4.69, 9.17) is 0 Å². The van der Waals surface area contributed by atoms with Crippen LogP contribution in [0.1, 0.15) is 26.2 Å². The third-order valence-corrected chi connectivity index (χ3v) is 1.84. The summed E-state index contributed by atoms with van der Waals surface area (Å²) in [5.41, 5.74) is 1.16. The lowest BCUT2D eigenvalue weighted by atomic mass is 10.1. The first-order chi connectivity index (χ1) is 6.33. The highest BCUT2D eigenvalue weighted by atomic mass is 15.2. The normalized spacial score (nSPS) is 10.8. The molecule has 0 bridgehead atoms. The molecule has 0 saturated heterocycles. The maximum absolute atomic E-state index is 4.06. The molecule has 0 spiro atoms. The SMILES string of the molecule is C=C(/C=C\n1cccn1)CCCC. The summed E-state index contributed by atoms with van der Waals surface area (Å²) in [6.45, 7) is 6.15. The van der Waals surface area contributed by atoms with Crippen molar-refractivity contribution in [3.63, 3.8) is 0 Å². The van der Waals surface area contributed by atoms with Gasteiger partial charge in [-0.15, -0.1) is 0 Å². The highest BCUT2D eigenvalue weighted by molar-refractivity contribution is 5.31. The predicted octanol–water partition coefficient (Wildman–Crippen LogP) is 3.10. The van der Waals surface area contributed by atoms with E-state index in [2.05, 4.69) is 18.6 Å². The maximum atomic E-state index is 4.06. The third kappa shape index (κ3) is 3.74. The maximum Gasteiger partial charge on any atom is 0.0493 e. The largest absolute Gasteiger partial charge is 0.248 e. The number of nitrogens with zero attached hydrogens (tertiary/aromatic N) is 2. The van der Waals surface area contributed by atoms with E-state index in [0.29, 0.717) is 0 Å². The van der Waals surface area contributed by atoms with E-state index in [9.17, 15) is 0 Å². The Labute approximate surface area is 79.6 Å². The van der Waals surface area contributed by atoms with Gasteiger partial charge in [-0.25, -0.2) is 4.68 Å². The zero-order valence-corrected chi connectivity index (χ0v) is 8.11. The molecule has 0 amide bonds. The minimum atomic E-state index is 1.08. The van der Waals surface area contributed by atoms with Crippen molar-refractivity contribution in [2.75, 3.05) is 0 Å². The van der Waals surface area contributed by atoms with E-state index in [1.54, 1.807) is 10.9 Å². The molecule has 0 aliphatic carbocycles. The van der Waals surface area contributed by atoms with Crippen molar-refractivity contribution in [1.82, 2.24) is 9.78 Å². The van der Waals surface area contributed by atoms with Crippen molar-refractivity contribution in [2.24, 2.45) is 0 Å². The van der Waals surface area contributed by atoms with Crippen LogP contribution in [0.5, 0.6) is 0 Å². The molecule has 1 aromatic rings. The monoisotopic (exact) mass is 176 g/mol. The number of allylic oxidation sites excluding steroid dienone is 2. The van der Waals surface area contributed by atoms with Gasteiger partial charge >= 0.3 is 0 Å². The summed E-state index contributed by atoms with van der Waals surface area (Å²) in [6.07, 6.45) is 11.1. The second kappa shape index (κ2) is 5.36. The topological polar surface area (TPSA) is 17.8 Å². The van der Waals surface area contributed by atoms with Crippen molar-refractivity contribution in [3.8, 4) is 0 Å². The minimum absolute atomic E-state index is 1.08. The van der Waals surface area contributed by atoms with E-state index < -0.39 is 0 Å². The summed E-state index contributed by atoms with van der Waals surface area (Å²) in [5, 5.41) is 4.06. The lowest BCUT2D eigenvalue weighted by molar-refractivity contribution is 0.799. The van der Waals surface area contributed by atoms with Gasteiger partial charge in [0.15, 0.2) is 0 Å². The van der Waals surface area contributed by atoms with Gasteiger partial charge in [0.25, 0.3) is 0 Å².